The molecule has 3 nitrogen and oxygen atoms in total. The van der Waals surface area contributed by atoms with Gasteiger partial charge in [-0.3, -0.25) is 4.79 Å². The van der Waals surface area contributed by atoms with Crippen molar-refractivity contribution in [1.82, 2.24) is 5.32 Å². The maximum absolute atomic E-state index is 11.5. The zero-order chi connectivity index (χ0) is 10.3. The number of carbonyl (C=O) groups is 1. The fourth-order valence-corrected chi connectivity index (χ4v) is 0.637. The minimum absolute atomic E-state index is 0.0691. The zero-order valence-corrected chi connectivity index (χ0v) is 7.98. The third-order valence-corrected chi connectivity index (χ3v) is 1.35. The molecule has 0 aliphatic carbocycles. The molecule has 0 rings (SSSR count). The molecular formula is C7H12ClF2NO2. The number of carbonyl (C=O) groups excluding carboxylic acids is 1. The van der Waals surface area contributed by atoms with Crippen LogP contribution >= 0.6 is 11.6 Å². The Balaban J connectivity index is 3.21. The van der Waals surface area contributed by atoms with Crippen LogP contribution in [0.4, 0.5) is 8.78 Å². The maximum atomic E-state index is 11.5. The van der Waals surface area contributed by atoms with Gasteiger partial charge in [-0.1, -0.05) is 0 Å². The third-order valence-electron chi connectivity index (χ3n) is 1.15. The van der Waals surface area contributed by atoms with E-state index in [1.807, 2.05) is 0 Å². The van der Waals surface area contributed by atoms with E-state index in [-0.39, 0.29) is 19.1 Å². The predicted octanol–water partition coefficient (Wildman–Crippen LogP) is 1.01. The number of hydrogen-bond donors (Lipinski definition) is 1. The first-order valence-corrected chi connectivity index (χ1v) is 4.25. The summed E-state index contributed by atoms with van der Waals surface area (Å²) >= 11 is 5.42. The van der Waals surface area contributed by atoms with Crippen LogP contribution in [0, 0.1) is 0 Å². The lowest BCUT2D eigenvalue weighted by Gasteiger charge is -2.06. The molecule has 13 heavy (non-hydrogen) atoms. The Bertz CT molecular complexity index is 155. The summed E-state index contributed by atoms with van der Waals surface area (Å²) in [5.41, 5.74) is 0. The average molecular weight is 216 g/mol. The SMILES string of the molecule is CC(Cl)C(=O)NCCOCC(F)F. The average Bonchev–Trinajstić information content (AvgIpc) is 2.02. The van der Waals surface area contributed by atoms with Gasteiger partial charge >= 0.3 is 0 Å². The Kier molecular flexibility index (Phi) is 6.80. The summed E-state index contributed by atoms with van der Waals surface area (Å²) in [6.45, 7) is 1.19. The van der Waals surface area contributed by atoms with Crippen LogP contribution in [0.3, 0.4) is 0 Å². The van der Waals surface area contributed by atoms with Crippen molar-refractivity contribution >= 4 is 17.5 Å². The highest BCUT2D eigenvalue weighted by Crippen LogP contribution is 1.93. The van der Waals surface area contributed by atoms with E-state index in [1.54, 1.807) is 0 Å². The van der Waals surface area contributed by atoms with Crippen LogP contribution in [-0.4, -0.2) is 37.5 Å². The van der Waals surface area contributed by atoms with Crippen molar-refractivity contribution in [2.45, 2.75) is 18.7 Å². The zero-order valence-electron chi connectivity index (χ0n) is 7.23. The van der Waals surface area contributed by atoms with Crippen LogP contribution in [0.2, 0.25) is 0 Å². The number of halogens is 3. The van der Waals surface area contributed by atoms with E-state index >= 15 is 0 Å². The van der Waals surface area contributed by atoms with Crippen LogP contribution in [-0.2, 0) is 9.53 Å². The highest BCUT2D eigenvalue weighted by atomic mass is 35.5. The van der Waals surface area contributed by atoms with Crippen LogP contribution in [0.25, 0.3) is 0 Å². The Morgan fingerprint density at radius 3 is 2.69 bits per heavy atom. The summed E-state index contributed by atoms with van der Waals surface area (Å²) in [6.07, 6.45) is -2.47. The Hall–Kier alpha value is -0.420. The first kappa shape index (κ1) is 12.6. The summed E-state index contributed by atoms with van der Waals surface area (Å²) in [5, 5.41) is 1.80. The third kappa shape index (κ3) is 7.93. The van der Waals surface area contributed by atoms with Gasteiger partial charge in [0.1, 0.15) is 12.0 Å². The van der Waals surface area contributed by atoms with Crippen molar-refractivity contribution in [3.05, 3.63) is 0 Å². The van der Waals surface area contributed by atoms with Gasteiger partial charge < -0.3 is 10.1 Å². The second kappa shape index (κ2) is 7.03. The largest absolute Gasteiger partial charge is 0.374 e. The van der Waals surface area contributed by atoms with Gasteiger partial charge in [-0.25, -0.2) is 8.78 Å². The second-order valence-corrected chi connectivity index (χ2v) is 3.03. The van der Waals surface area contributed by atoms with Crippen LogP contribution in [0.15, 0.2) is 0 Å². The molecule has 0 saturated heterocycles. The van der Waals surface area contributed by atoms with Gasteiger partial charge in [0.25, 0.3) is 6.43 Å². The first-order valence-electron chi connectivity index (χ1n) is 3.81. The summed E-state index contributed by atoms with van der Waals surface area (Å²) < 4.78 is 27.5. The maximum Gasteiger partial charge on any atom is 0.261 e. The Morgan fingerprint density at radius 2 is 2.23 bits per heavy atom. The normalized spacial score (nSPS) is 13.0. The molecule has 0 bridgehead atoms. The van der Waals surface area contributed by atoms with E-state index in [4.69, 9.17) is 11.6 Å². The van der Waals surface area contributed by atoms with Gasteiger partial charge in [0.2, 0.25) is 5.91 Å². The van der Waals surface area contributed by atoms with Crippen LogP contribution in [0.5, 0.6) is 0 Å². The minimum Gasteiger partial charge on any atom is -0.374 e. The van der Waals surface area contributed by atoms with E-state index in [1.165, 1.54) is 6.92 Å². The molecule has 0 aliphatic rings. The van der Waals surface area contributed by atoms with E-state index in [0.29, 0.717) is 0 Å². The number of alkyl halides is 3. The quantitative estimate of drug-likeness (QED) is 0.531. The second-order valence-electron chi connectivity index (χ2n) is 2.37. The molecule has 0 aromatic rings. The first-order chi connectivity index (χ1) is 6.04. The molecule has 0 fully saturated rings. The Labute approximate surface area is 80.4 Å². The van der Waals surface area contributed by atoms with Crippen molar-refractivity contribution in [3.8, 4) is 0 Å². The van der Waals surface area contributed by atoms with E-state index in [2.05, 4.69) is 10.1 Å². The predicted molar refractivity (Wildman–Crippen MR) is 45.1 cm³/mol. The molecular weight excluding hydrogens is 204 g/mol. The van der Waals surface area contributed by atoms with Gasteiger partial charge in [-0.2, -0.15) is 0 Å². The molecule has 6 heteroatoms. The van der Waals surface area contributed by atoms with E-state index in [0.717, 1.165) is 0 Å². The molecule has 0 aromatic carbocycles. The molecule has 0 aromatic heterocycles. The number of ether oxygens (including phenoxy) is 1. The molecule has 0 spiro atoms. The summed E-state index contributed by atoms with van der Waals surface area (Å²) in [4.78, 5) is 10.8. The molecule has 0 saturated carbocycles. The van der Waals surface area contributed by atoms with Crippen molar-refractivity contribution in [2.75, 3.05) is 19.8 Å². The smallest absolute Gasteiger partial charge is 0.261 e. The molecule has 1 amide bonds. The van der Waals surface area contributed by atoms with Gasteiger partial charge in [0, 0.05) is 6.54 Å². The summed E-state index contributed by atoms with van der Waals surface area (Å²) in [7, 11) is 0. The lowest BCUT2D eigenvalue weighted by Crippen LogP contribution is -2.32. The number of hydrogen-bond acceptors (Lipinski definition) is 2. The lowest BCUT2D eigenvalue weighted by molar-refractivity contribution is -0.120. The van der Waals surface area contributed by atoms with Crippen molar-refractivity contribution in [1.29, 1.82) is 0 Å². The molecule has 1 unspecified atom stereocenters. The van der Waals surface area contributed by atoms with Crippen molar-refractivity contribution < 1.29 is 18.3 Å². The lowest BCUT2D eigenvalue weighted by atomic mass is 10.4. The van der Waals surface area contributed by atoms with Crippen molar-refractivity contribution in [2.24, 2.45) is 0 Å². The molecule has 1 N–H and O–H groups in total. The van der Waals surface area contributed by atoms with Gasteiger partial charge in [0.05, 0.1) is 6.61 Å². The fourth-order valence-electron chi connectivity index (χ4n) is 0.559. The topological polar surface area (TPSA) is 38.3 Å². The van der Waals surface area contributed by atoms with Crippen molar-refractivity contribution in [3.63, 3.8) is 0 Å². The standard InChI is InChI=1S/C7H12ClF2NO2/c1-5(8)7(12)11-2-3-13-4-6(9)10/h5-6H,2-4H2,1H3,(H,11,12). The van der Waals surface area contributed by atoms with Gasteiger partial charge in [0.15, 0.2) is 0 Å². The summed E-state index contributed by atoms with van der Waals surface area (Å²) in [5.74, 6) is -0.331. The number of rotatable bonds is 6. The Morgan fingerprint density at radius 1 is 1.62 bits per heavy atom. The van der Waals surface area contributed by atoms with E-state index in [9.17, 15) is 13.6 Å². The molecule has 0 heterocycles. The molecule has 1 atom stereocenters. The van der Waals surface area contributed by atoms with Gasteiger partial charge in [-0.05, 0) is 6.92 Å². The molecule has 0 aliphatic heterocycles. The van der Waals surface area contributed by atoms with Crippen LogP contribution in [0.1, 0.15) is 6.92 Å². The minimum atomic E-state index is -2.47. The molecule has 0 radical (unpaired) electrons. The monoisotopic (exact) mass is 215 g/mol. The highest BCUT2D eigenvalue weighted by Gasteiger charge is 2.07. The number of nitrogens with one attached hydrogen (secondary N) is 1. The summed E-state index contributed by atoms with van der Waals surface area (Å²) in [6, 6.07) is 0. The number of amides is 1. The van der Waals surface area contributed by atoms with Crippen LogP contribution < -0.4 is 5.32 Å². The molecule has 78 valence electrons. The highest BCUT2D eigenvalue weighted by molar-refractivity contribution is 6.30. The van der Waals surface area contributed by atoms with E-state index < -0.39 is 18.4 Å². The van der Waals surface area contributed by atoms with Gasteiger partial charge in [-0.15, -0.1) is 11.6 Å². The fraction of sp³-hybridized carbons (Fsp3) is 0.857.